The van der Waals surface area contributed by atoms with Gasteiger partial charge in [0.15, 0.2) is 0 Å². The van der Waals surface area contributed by atoms with Crippen LogP contribution in [-0.2, 0) is 4.74 Å². The van der Waals surface area contributed by atoms with Crippen molar-refractivity contribution in [2.75, 3.05) is 44.5 Å². The molecule has 0 spiro atoms. The molecule has 0 bridgehead atoms. The van der Waals surface area contributed by atoms with Gasteiger partial charge in [0.05, 0.1) is 6.04 Å². The average molecular weight is 351 g/mol. The number of ether oxygens (including phenoxy) is 1. The summed E-state index contributed by atoms with van der Waals surface area (Å²) >= 11 is 0. The van der Waals surface area contributed by atoms with Gasteiger partial charge in [-0.15, -0.1) is 0 Å². The van der Waals surface area contributed by atoms with Crippen LogP contribution in [0.3, 0.4) is 0 Å². The third kappa shape index (κ3) is 3.08. The molecule has 26 heavy (non-hydrogen) atoms. The van der Waals surface area contributed by atoms with Crippen molar-refractivity contribution < 1.29 is 4.74 Å². The van der Waals surface area contributed by atoms with Gasteiger partial charge in [-0.3, -0.25) is 4.90 Å². The Hall–Kier alpha value is -2.04. The topological polar surface area (TPSA) is 19.0 Å². The molecule has 3 atom stereocenters. The predicted octanol–water partition coefficient (Wildman–Crippen LogP) is 4.05. The molecule has 0 unspecified atom stereocenters. The summed E-state index contributed by atoms with van der Waals surface area (Å²) in [7, 11) is 8.32. The van der Waals surface area contributed by atoms with Crippen molar-refractivity contribution in [1.29, 1.82) is 0 Å². The first-order valence-corrected chi connectivity index (χ1v) is 9.50. The van der Waals surface area contributed by atoms with Gasteiger partial charge in [0, 0.05) is 46.1 Å². The van der Waals surface area contributed by atoms with E-state index in [-0.39, 0.29) is 12.3 Å². The van der Waals surface area contributed by atoms with Gasteiger partial charge in [0.1, 0.15) is 12.3 Å². The number of nitrogens with zero attached hydrogens (tertiary/aromatic N) is 3. The van der Waals surface area contributed by atoms with E-state index in [2.05, 4.69) is 91.4 Å². The second-order valence-electron chi connectivity index (χ2n) is 7.81. The maximum Gasteiger partial charge on any atom is 0.112 e. The van der Waals surface area contributed by atoms with Crippen LogP contribution in [0.1, 0.15) is 36.1 Å². The van der Waals surface area contributed by atoms with E-state index in [9.17, 15) is 0 Å². The zero-order valence-corrected chi connectivity index (χ0v) is 16.2. The number of fused-ring (bicyclic) bond motifs is 1. The van der Waals surface area contributed by atoms with Crippen LogP contribution < -0.4 is 9.80 Å². The summed E-state index contributed by atoms with van der Waals surface area (Å²) in [6.07, 6.45) is 2.72. The van der Waals surface area contributed by atoms with Gasteiger partial charge in [-0.1, -0.05) is 24.3 Å². The van der Waals surface area contributed by atoms with Gasteiger partial charge in [0.25, 0.3) is 0 Å². The van der Waals surface area contributed by atoms with Crippen LogP contribution in [0.2, 0.25) is 0 Å². The lowest BCUT2D eigenvalue weighted by Gasteiger charge is -2.26. The van der Waals surface area contributed by atoms with Crippen molar-refractivity contribution in [3.05, 3.63) is 59.7 Å². The van der Waals surface area contributed by atoms with Crippen molar-refractivity contribution in [2.45, 2.75) is 31.2 Å². The molecule has 138 valence electrons. The number of rotatable bonds is 4. The Morgan fingerprint density at radius 3 is 1.88 bits per heavy atom. The molecule has 4 heteroatoms. The minimum absolute atomic E-state index is 0.0988. The molecule has 0 saturated carbocycles. The molecule has 2 aromatic carbocycles. The molecule has 0 aromatic heterocycles. The zero-order chi connectivity index (χ0) is 18.3. The van der Waals surface area contributed by atoms with E-state index in [0.29, 0.717) is 6.04 Å². The largest absolute Gasteiger partial charge is 0.378 e. The summed E-state index contributed by atoms with van der Waals surface area (Å²) in [5.41, 5.74) is 5.07. The van der Waals surface area contributed by atoms with Gasteiger partial charge < -0.3 is 14.5 Å². The molecule has 2 saturated heterocycles. The molecule has 0 radical (unpaired) electrons. The van der Waals surface area contributed by atoms with Gasteiger partial charge in [-0.05, 0) is 48.2 Å². The first-order chi connectivity index (χ1) is 12.5. The molecular weight excluding hydrogens is 322 g/mol. The number of anilines is 2. The van der Waals surface area contributed by atoms with Gasteiger partial charge in [0.2, 0.25) is 0 Å². The quantitative estimate of drug-likeness (QED) is 0.827. The van der Waals surface area contributed by atoms with E-state index >= 15 is 0 Å². The zero-order valence-electron chi connectivity index (χ0n) is 16.2. The van der Waals surface area contributed by atoms with Crippen molar-refractivity contribution >= 4 is 11.4 Å². The third-order valence-corrected chi connectivity index (χ3v) is 5.67. The fourth-order valence-electron chi connectivity index (χ4n) is 4.20. The summed E-state index contributed by atoms with van der Waals surface area (Å²) in [6.45, 7) is 1.12. The molecule has 2 aromatic rings. The first-order valence-electron chi connectivity index (χ1n) is 9.50. The van der Waals surface area contributed by atoms with Crippen molar-refractivity contribution in [2.24, 2.45) is 0 Å². The highest BCUT2D eigenvalue weighted by molar-refractivity contribution is 5.48. The van der Waals surface area contributed by atoms with Crippen LogP contribution in [-0.4, -0.2) is 45.9 Å². The molecule has 4 rings (SSSR count). The lowest BCUT2D eigenvalue weighted by molar-refractivity contribution is 0.0174. The summed E-state index contributed by atoms with van der Waals surface area (Å²) < 4.78 is 6.52. The maximum atomic E-state index is 6.52. The number of hydrogen-bond donors (Lipinski definition) is 0. The standard InChI is InChI=1S/C22H29N3O/c1-23(2)18-11-7-16(8-12-18)21-22(26-20-6-5-15-25(20)21)17-9-13-19(14-10-17)24(3)4/h7-14,20-22H,5-6,15H2,1-4H3/t20-,21+,22+/m0/s1. The molecule has 0 N–H and O–H groups in total. The Morgan fingerprint density at radius 2 is 1.35 bits per heavy atom. The van der Waals surface area contributed by atoms with Crippen molar-refractivity contribution in [1.82, 2.24) is 4.90 Å². The Kier molecular flexibility index (Phi) is 4.63. The minimum atomic E-state index is 0.0988. The van der Waals surface area contributed by atoms with Crippen LogP contribution in [0.5, 0.6) is 0 Å². The van der Waals surface area contributed by atoms with Crippen LogP contribution >= 0.6 is 0 Å². The molecule has 2 heterocycles. The lowest BCUT2D eigenvalue weighted by Crippen LogP contribution is -2.27. The van der Waals surface area contributed by atoms with Crippen molar-refractivity contribution in [3.63, 3.8) is 0 Å². The fourth-order valence-corrected chi connectivity index (χ4v) is 4.20. The smallest absolute Gasteiger partial charge is 0.112 e. The minimum Gasteiger partial charge on any atom is -0.378 e. The summed E-state index contributed by atoms with van der Waals surface area (Å²) in [5, 5.41) is 0. The molecule has 2 aliphatic heterocycles. The van der Waals surface area contributed by atoms with Crippen LogP contribution in [0, 0.1) is 0 Å². The molecule has 0 amide bonds. The van der Waals surface area contributed by atoms with E-state index < -0.39 is 0 Å². The molecule has 0 aliphatic carbocycles. The van der Waals surface area contributed by atoms with Crippen LogP contribution in [0.4, 0.5) is 11.4 Å². The second-order valence-corrected chi connectivity index (χ2v) is 7.81. The molecule has 2 aliphatic rings. The number of benzene rings is 2. The normalized spacial score (nSPS) is 25.3. The summed E-state index contributed by atoms with van der Waals surface area (Å²) in [5.74, 6) is 0. The Labute approximate surface area is 157 Å². The molecule has 2 fully saturated rings. The highest BCUT2D eigenvalue weighted by Crippen LogP contribution is 2.48. The number of hydrogen-bond acceptors (Lipinski definition) is 4. The van der Waals surface area contributed by atoms with E-state index in [1.165, 1.54) is 28.9 Å². The van der Waals surface area contributed by atoms with Crippen LogP contribution in [0.15, 0.2) is 48.5 Å². The predicted molar refractivity (Wildman–Crippen MR) is 108 cm³/mol. The highest BCUT2D eigenvalue weighted by atomic mass is 16.5. The first kappa shape index (κ1) is 17.4. The van der Waals surface area contributed by atoms with E-state index in [0.717, 1.165) is 13.0 Å². The average Bonchev–Trinajstić information content (AvgIpc) is 3.23. The molecular formula is C22H29N3O. The Balaban J connectivity index is 1.66. The molecule has 4 nitrogen and oxygen atoms in total. The van der Waals surface area contributed by atoms with E-state index in [1.807, 2.05) is 0 Å². The summed E-state index contributed by atoms with van der Waals surface area (Å²) in [6, 6.07) is 18.1. The van der Waals surface area contributed by atoms with Crippen LogP contribution in [0.25, 0.3) is 0 Å². The van der Waals surface area contributed by atoms with Crippen molar-refractivity contribution in [3.8, 4) is 0 Å². The SMILES string of the molecule is CN(C)c1ccc([C@H]2O[C@H]3CCCN3[C@@H]2c2ccc(N(C)C)cc2)cc1. The maximum absolute atomic E-state index is 6.52. The lowest BCUT2D eigenvalue weighted by atomic mass is 9.95. The highest BCUT2D eigenvalue weighted by Gasteiger charge is 2.45. The Morgan fingerprint density at radius 1 is 0.808 bits per heavy atom. The van der Waals surface area contributed by atoms with E-state index in [4.69, 9.17) is 4.74 Å². The third-order valence-electron chi connectivity index (χ3n) is 5.67. The monoisotopic (exact) mass is 351 g/mol. The summed E-state index contributed by atoms with van der Waals surface area (Å²) in [4.78, 5) is 6.83. The Bertz CT molecular complexity index is 739. The van der Waals surface area contributed by atoms with E-state index in [1.54, 1.807) is 0 Å². The fraction of sp³-hybridized carbons (Fsp3) is 0.455. The van der Waals surface area contributed by atoms with Gasteiger partial charge >= 0.3 is 0 Å². The van der Waals surface area contributed by atoms with Gasteiger partial charge in [-0.2, -0.15) is 0 Å². The van der Waals surface area contributed by atoms with Gasteiger partial charge in [-0.25, -0.2) is 0 Å². The second kappa shape index (κ2) is 6.93.